The lowest BCUT2D eigenvalue weighted by molar-refractivity contribution is -0.109. The minimum Gasteiger partial charge on any atom is -0.359 e. The molecule has 0 N–H and O–H groups in total. The molecule has 0 aliphatic heterocycles. The molecule has 0 amide bonds. The fraction of sp³-hybridized carbons (Fsp3) is 0.857. The monoisotopic (exact) mass is 416 g/mol. The standard InChI is InChI=1S/C14H29IO4Si/c1-16-11-19-12(10-13(15)20(4,5)6)8-7-9-14(17-2)18-3/h10,12,14H,7-9,11H2,1-6H3/b13-10-/t12-/m0/s1. The number of hydrogen-bond donors (Lipinski definition) is 0. The van der Waals surface area contributed by atoms with Crippen LogP contribution in [0.1, 0.15) is 19.3 Å². The average molecular weight is 416 g/mol. The number of halogens is 1. The van der Waals surface area contributed by atoms with E-state index in [2.05, 4.69) is 48.3 Å². The molecule has 0 aliphatic rings. The number of hydrogen-bond acceptors (Lipinski definition) is 4. The molecule has 0 radical (unpaired) electrons. The van der Waals surface area contributed by atoms with Gasteiger partial charge in [0.2, 0.25) is 0 Å². The van der Waals surface area contributed by atoms with E-state index in [1.165, 1.54) is 3.20 Å². The van der Waals surface area contributed by atoms with Crippen molar-refractivity contribution in [3.63, 3.8) is 0 Å². The molecule has 4 nitrogen and oxygen atoms in total. The molecule has 0 heterocycles. The van der Waals surface area contributed by atoms with Gasteiger partial charge in [-0.25, -0.2) is 0 Å². The number of rotatable bonds is 11. The van der Waals surface area contributed by atoms with Crippen LogP contribution in [-0.4, -0.2) is 48.6 Å². The lowest BCUT2D eigenvalue weighted by Crippen LogP contribution is -2.23. The highest BCUT2D eigenvalue weighted by Gasteiger charge is 2.19. The van der Waals surface area contributed by atoms with E-state index in [0.717, 1.165) is 19.3 Å². The summed E-state index contributed by atoms with van der Waals surface area (Å²) in [4.78, 5) is 0. The third kappa shape index (κ3) is 9.46. The molecule has 0 saturated heterocycles. The first-order chi connectivity index (χ1) is 9.35. The van der Waals surface area contributed by atoms with E-state index < -0.39 is 8.07 Å². The molecule has 0 aliphatic carbocycles. The molecule has 0 rings (SSSR count). The van der Waals surface area contributed by atoms with Gasteiger partial charge in [0.25, 0.3) is 0 Å². The van der Waals surface area contributed by atoms with E-state index >= 15 is 0 Å². The topological polar surface area (TPSA) is 36.9 Å². The van der Waals surface area contributed by atoms with E-state index in [4.69, 9.17) is 18.9 Å². The second-order valence-electron chi connectivity index (χ2n) is 5.71. The summed E-state index contributed by atoms with van der Waals surface area (Å²) < 4.78 is 22.6. The van der Waals surface area contributed by atoms with E-state index in [9.17, 15) is 0 Å². The Morgan fingerprint density at radius 2 is 1.70 bits per heavy atom. The summed E-state index contributed by atoms with van der Waals surface area (Å²) in [6.07, 6.45) is 5.04. The van der Waals surface area contributed by atoms with E-state index in [1.807, 2.05) is 0 Å². The van der Waals surface area contributed by atoms with Crippen LogP contribution in [0, 0.1) is 0 Å². The van der Waals surface area contributed by atoms with Crippen molar-refractivity contribution in [2.75, 3.05) is 28.1 Å². The molecule has 0 bridgehead atoms. The SMILES string of the molecule is COCO[C@H](/C=C(/I)[Si](C)(C)C)CCCC(OC)OC. The van der Waals surface area contributed by atoms with Crippen LogP contribution < -0.4 is 0 Å². The summed E-state index contributed by atoms with van der Waals surface area (Å²) >= 11 is 2.45. The van der Waals surface area contributed by atoms with Crippen LogP contribution in [0.3, 0.4) is 0 Å². The Morgan fingerprint density at radius 1 is 1.10 bits per heavy atom. The number of methoxy groups -OCH3 is 3. The number of ether oxygens (including phenoxy) is 4. The minimum atomic E-state index is -1.26. The Bertz CT molecular complexity index is 275. The highest BCUT2D eigenvalue weighted by Crippen LogP contribution is 2.23. The molecule has 6 heteroatoms. The maximum absolute atomic E-state index is 5.74. The summed E-state index contributed by atoms with van der Waals surface area (Å²) in [7, 11) is 3.72. The molecule has 0 fully saturated rings. The van der Waals surface area contributed by atoms with Crippen molar-refractivity contribution in [3.8, 4) is 0 Å². The average Bonchev–Trinajstić information content (AvgIpc) is 2.39. The predicted molar refractivity (Wildman–Crippen MR) is 93.9 cm³/mol. The van der Waals surface area contributed by atoms with Gasteiger partial charge in [-0.05, 0) is 22.5 Å². The Morgan fingerprint density at radius 3 is 2.15 bits per heavy atom. The van der Waals surface area contributed by atoms with Gasteiger partial charge in [-0.3, -0.25) is 0 Å². The molecule has 0 spiro atoms. The van der Waals surface area contributed by atoms with Gasteiger partial charge < -0.3 is 18.9 Å². The summed E-state index contributed by atoms with van der Waals surface area (Å²) in [5.74, 6) is 0. The Kier molecular flexibility index (Phi) is 11.4. The molecule has 0 aromatic heterocycles. The van der Waals surface area contributed by atoms with Crippen molar-refractivity contribution in [2.45, 2.75) is 51.3 Å². The molecule has 1 atom stereocenters. The Labute approximate surface area is 138 Å². The zero-order chi connectivity index (χ0) is 15.6. The lowest BCUT2D eigenvalue weighted by atomic mass is 10.1. The predicted octanol–water partition coefficient (Wildman–Crippen LogP) is 3.96. The fourth-order valence-corrected chi connectivity index (χ4v) is 2.69. The van der Waals surface area contributed by atoms with Crippen molar-refractivity contribution in [1.82, 2.24) is 0 Å². The van der Waals surface area contributed by atoms with Gasteiger partial charge >= 0.3 is 0 Å². The lowest BCUT2D eigenvalue weighted by Gasteiger charge is -2.20. The molecule has 20 heavy (non-hydrogen) atoms. The van der Waals surface area contributed by atoms with Gasteiger partial charge in [0, 0.05) is 21.3 Å². The molecule has 120 valence electrons. The first-order valence-electron chi connectivity index (χ1n) is 6.89. The quantitative estimate of drug-likeness (QED) is 0.290. The molecule has 0 aromatic rings. The molecule has 0 saturated carbocycles. The van der Waals surface area contributed by atoms with Crippen molar-refractivity contribution < 1.29 is 18.9 Å². The van der Waals surface area contributed by atoms with E-state index in [-0.39, 0.29) is 12.4 Å². The zero-order valence-electron chi connectivity index (χ0n) is 13.6. The van der Waals surface area contributed by atoms with Crippen LogP contribution in [0.4, 0.5) is 0 Å². The molecular formula is C14H29IO4Si. The zero-order valence-corrected chi connectivity index (χ0v) is 16.7. The molecule has 0 aromatic carbocycles. The normalized spacial score (nSPS) is 14.9. The van der Waals surface area contributed by atoms with Gasteiger partial charge in [0.1, 0.15) is 6.79 Å². The first-order valence-corrected chi connectivity index (χ1v) is 11.5. The summed E-state index contributed by atoms with van der Waals surface area (Å²) in [6, 6.07) is 0. The largest absolute Gasteiger partial charge is 0.359 e. The van der Waals surface area contributed by atoms with Gasteiger partial charge in [0.05, 0.1) is 14.2 Å². The van der Waals surface area contributed by atoms with Crippen molar-refractivity contribution >= 4 is 30.7 Å². The maximum Gasteiger partial charge on any atom is 0.156 e. The highest BCUT2D eigenvalue weighted by molar-refractivity contribution is 14.1. The van der Waals surface area contributed by atoms with Gasteiger partial charge in [-0.2, -0.15) is 0 Å². The third-order valence-corrected chi connectivity index (χ3v) is 9.72. The second-order valence-corrected chi connectivity index (χ2v) is 12.9. The van der Waals surface area contributed by atoms with Crippen molar-refractivity contribution in [2.24, 2.45) is 0 Å². The van der Waals surface area contributed by atoms with Crippen molar-refractivity contribution in [1.29, 1.82) is 0 Å². The third-order valence-electron chi connectivity index (χ3n) is 2.90. The van der Waals surface area contributed by atoms with Crippen LogP contribution in [0.2, 0.25) is 19.6 Å². The first kappa shape index (κ1) is 20.5. The Hall–Kier alpha value is 0.527. The second kappa shape index (κ2) is 11.1. The van der Waals surface area contributed by atoms with Crippen LogP contribution in [0.5, 0.6) is 0 Å². The van der Waals surface area contributed by atoms with Crippen LogP contribution >= 0.6 is 22.6 Å². The van der Waals surface area contributed by atoms with Gasteiger partial charge in [-0.15, -0.1) is 0 Å². The molecular weight excluding hydrogens is 387 g/mol. The van der Waals surface area contributed by atoms with Crippen LogP contribution in [0.15, 0.2) is 9.28 Å². The Balaban J connectivity index is 4.42. The summed E-state index contributed by atoms with van der Waals surface area (Å²) in [5, 5.41) is 0. The van der Waals surface area contributed by atoms with E-state index in [1.54, 1.807) is 21.3 Å². The fourth-order valence-electron chi connectivity index (χ4n) is 1.60. The summed E-state index contributed by atoms with van der Waals surface area (Å²) in [5.41, 5.74) is 0. The van der Waals surface area contributed by atoms with Crippen LogP contribution in [0.25, 0.3) is 0 Å². The maximum atomic E-state index is 5.74. The van der Waals surface area contributed by atoms with Crippen LogP contribution in [-0.2, 0) is 18.9 Å². The van der Waals surface area contributed by atoms with Crippen molar-refractivity contribution in [3.05, 3.63) is 9.28 Å². The van der Waals surface area contributed by atoms with Gasteiger partial charge in [-0.1, -0.05) is 48.3 Å². The minimum absolute atomic E-state index is 0.0999. The van der Waals surface area contributed by atoms with E-state index in [0.29, 0.717) is 6.79 Å². The smallest absolute Gasteiger partial charge is 0.156 e. The highest BCUT2D eigenvalue weighted by atomic mass is 127. The summed E-state index contributed by atoms with van der Waals surface area (Å²) in [6.45, 7) is 7.34. The van der Waals surface area contributed by atoms with Gasteiger partial charge in [0.15, 0.2) is 6.29 Å². The molecule has 0 unspecified atom stereocenters.